The van der Waals surface area contributed by atoms with E-state index in [-0.39, 0.29) is 0 Å². The molecule has 1 aliphatic heterocycles. The van der Waals surface area contributed by atoms with Gasteiger partial charge in [-0.2, -0.15) is 0 Å². The summed E-state index contributed by atoms with van der Waals surface area (Å²) in [6, 6.07) is 18.1. The second-order valence-corrected chi connectivity index (χ2v) is 7.51. The zero-order valence-corrected chi connectivity index (χ0v) is 17.8. The van der Waals surface area contributed by atoms with Crippen LogP contribution in [0, 0.1) is 0 Å². The van der Waals surface area contributed by atoms with Gasteiger partial charge in [0.2, 0.25) is 0 Å². The molecule has 0 amide bonds. The lowest BCUT2D eigenvalue weighted by atomic mass is 10.2. The highest BCUT2D eigenvalue weighted by Crippen LogP contribution is 2.21. The molecule has 0 saturated carbocycles. The van der Waals surface area contributed by atoms with Crippen molar-refractivity contribution in [3.05, 3.63) is 71.8 Å². The summed E-state index contributed by atoms with van der Waals surface area (Å²) in [7, 11) is 0. The van der Waals surface area contributed by atoms with Crippen LogP contribution in [0.5, 0.6) is 0 Å². The van der Waals surface area contributed by atoms with Crippen molar-refractivity contribution in [3.63, 3.8) is 0 Å². The number of nitrogens with zero attached hydrogens (tertiary/aromatic N) is 6. The Balaban J connectivity index is 1.44. The van der Waals surface area contributed by atoms with Gasteiger partial charge in [-0.15, -0.1) is 10.2 Å². The number of hydrogen-bond donors (Lipinski definition) is 1. The van der Waals surface area contributed by atoms with Gasteiger partial charge in [0, 0.05) is 49.1 Å². The highest BCUT2D eigenvalue weighted by molar-refractivity contribution is 6.30. The maximum Gasteiger partial charge on any atom is 0.194 e. The summed E-state index contributed by atoms with van der Waals surface area (Å²) in [6.45, 7) is 7.00. The molecule has 1 aliphatic rings. The van der Waals surface area contributed by atoms with Gasteiger partial charge in [0.05, 0.1) is 0 Å². The molecule has 1 fully saturated rings. The monoisotopic (exact) mass is 423 g/mol. The fourth-order valence-corrected chi connectivity index (χ4v) is 3.78. The van der Waals surface area contributed by atoms with Gasteiger partial charge in [0.15, 0.2) is 11.8 Å². The number of rotatable bonds is 5. The molecule has 4 rings (SSSR count). The van der Waals surface area contributed by atoms with Gasteiger partial charge in [-0.1, -0.05) is 35.9 Å². The molecule has 0 radical (unpaired) electrons. The first-order valence-electron chi connectivity index (χ1n) is 10.2. The maximum absolute atomic E-state index is 6.15. The Morgan fingerprint density at radius 3 is 2.53 bits per heavy atom. The zero-order valence-electron chi connectivity index (χ0n) is 17.1. The van der Waals surface area contributed by atoms with Crippen molar-refractivity contribution in [1.29, 1.82) is 0 Å². The van der Waals surface area contributed by atoms with Crippen LogP contribution in [0.1, 0.15) is 12.7 Å². The van der Waals surface area contributed by atoms with Crippen molar-refractivity contribution in [2.24, 2.45) is 4.99 Å². The summed E-state index contributed by atoms with van der Waals surface area (Å²) >= 11 is 6.15. The quantitative estimate of drug-likeness (QED) is 0.504. The molecule has 7 nitrogen and oxygen atoms in total. The Kier molecular flexibility index (Phi) is 6.49. The Hall–Kier alpha value is -3.06. The smallest absolute Gasteiger partial charge is 0.194 e. The minimum Gasteiger partial charge on any atom is -0.368 e. The molecule has 0 unspecified atom stereocenters. The van der Waals surface area contributed by atoms with Gasteiger partial charge in [-0.05, 0) is 37.3 Å². The number of hydrogen-bond acceptors (Lipinski definition) is 4. The SMILES string of the molecule is CCNC(=NCc1nncn1-c1ccccc1)N1CCN(c2cccc(Cl)c2)CC1. The van der Waals surface area contributed by atoms with Crippen molar-refractivity contribution in [2.75, 3.05) is 37.6 Å². The van der Waals surface area contributed by atoms with Crippen LogP contribution in [0.3, 0.4) is 0 Å². The Morgan fingerprint density at radius 1 is 1.03 bits per heavy atom. The lowest BCUT2D eigenvalue weighted by Crippen LogP contribution is -2.52. The van der Waals surface area contributed by atoms with E-state index < -0.39 is 0 Å². The third-order valence-corrected chi connectivity index (χ3v) is 5.35. The lowest BCUT2D eigenvalue weighted by Gasteiger charge is -2.37. The van der Waals surface area contributed by atoms with Gasteiger partial charge in [-0.25, -0.2) is 4.99 Å². The van der Waals surface area contributed by atoms with Gasteiger partial charge < -0.3 is 15.1 Å². The van der Waals surface area contributed by atoms with E-state index in [1.165, 1.54) is 5.69 Å². The standard InChI is InChI=1S/C22H26ClN7/c1-2-24-22(25-16-21-27-26-17-30(21)19-8-4-3-5-9-19)29-13-11-28(12-14-29)20-10-6-7-18(23)15-20/h3-10,15,17H,2,11-14,16H2,1H3,(H,24,25). The average Bonchev–Trinajstić information content (AvgIpc) is 3.26. The molecule has 0 aliphatic carbocycles. The molecule has 30 heavy (non-hydrogen) atoms. The lowest BCUT2D eigenvalue weighted by molar-refractivity contribution is 0.372. The molecule has 1 saturated heterocycles. The molecule has 1 N–H and O–H groups in total. The number of aliphatic imine (C=N–C) groups is 1. The zero-order chi connectivity index (χ0) is 20.8. The first kappa shape index (κ1) is 20.2. The number of nitrogens with one attached hydrogen (secondary N) is 1. The van der Waals surface area contributed by atoms with E-state index in [0.717, 1.165) is 55.2 Å². The minimum atomic E-state index is 0.464. The Labute approximate surface area is 182 Å². The number of piperazine rings is 1. The van der Waals surface area contributed by atoms with Crippen LogP contribution >= 0.6 is 11.6 Å². The van der Waals surface area contributed by atoms with Gasteiger partial charge in [-0.3, -0.25) is 4.57 Å². The Morgan fingerprint density at radius 2 is 1.80 bits per heavy atom. The second-order valence-electron chi connectivity index (χ2n) is 7.08. The summed E-state index contributed by atoms with van der Waals surface area (Å²) in [5.74, 6) is 1.72. The molecule has 2 heterocycles. The van der Waals surface area contributed by atoms with Crippen LogP contribution in [0.25, 0.3) is 5.69 Å². The normalized spacial score (nSPS) is 14.8. The molecule has 156 valence electrons. The van der Waals surface area contributed by atoms with Crippen LogP contribution in [-0.2, 0) is 6.54 Å². The van der Waals surface area contributed by atoms with E-state index in [4.69, 9.17) is 16.6 Å². The summed E-state index contributed by atoms with van der Waals surface area (Å²) in [5, 5.41) is 12.5. The molecule has 0 atom stereocenters. The number of aromatic nitrogens is 3. The molecule has 3 aromatic rings. The van der Waals surface area contributed by atoms with E-state index in [1.807, 2.05) is 53.1 Å². The third kappa shape index (κ3) is 4.74. The van der Waals surface area contributed by atoms with Crippen LogP contribution in [-0.4, -0.2) is 58.3 Å². The summed E-state index contributed by atoms with van der Waals surface area (Å²) in [5.41, 5.74) is 2.20. The second kappa shape index (κ2) is 9.63. The van der Waals surface area contributed by atoms with Crippen molar-refractivity contribution in [1.82, 2.24) is 25.0 Å². The molecule has 8 heteroatoms. The van der Waals surface area contributed by atoms with Crippen molar-refractivity contribution < 1.29 is 0 Å². The first-order chi connectivity index (χ1) is 14.7. The average molecular weight is 424 g/mol. The van der Waals surface area contributed by atoms with Crippen molar-refractivity contribution in [3.8, 4) is 5.69 Å². The van der Waals surface area contributed by atoms with E-state index in [0.29, 0.717) is 6.54 Å². The van der Waals surface area contributed by atoms with E-state index in [1.54, 1.807) is 6.33 Å². The fraction of sp³-hybridized carbons (Fsp3) is 0.318. The van der Waals surface area contributed by atoms with E-state index in [2.05, 4.69) is 38.3 Å². The molecule has 2 aromatic carbocycles. The highest BCUT2D eigenvalue weighted by atomic mass is 35.5. The van der Waals surface area contributed by atoms with Crippen LogP contribution in [0.15, 0.2) is 65.9 Å². The molecule has 0 spiro atoms. The topological polar surface area (TPSA) is 61.6 Å². The molecular weight excluding hydrogens is 398 g/mol. The van der Waals surface area contributed by atoms with Gasteiger partial charge >= 0.3 is 0 Å². The van der Waals surface area contributed by atoms with Crippen LogP contribution in [0.2, 0.25) is 5.02 Å². The first-order valence-corrected chi connectivity index (χ1v) is 10.6. The summed E-state index contributed by atoms with van der Waals surface area (Å²) in [6.07, 6.45) is 1.73. The van der Waals surface area contributed by atoms with Crippen LogP contribution < -0.4 is 10.2 Å². The van der Waals surface area contributed by atoms with Gasteiger partial charge in [0.25, 0.3) is 0 Å². The number of para-hydroxylation sites is 1. The summed E-state index contributed by atoms with van der Waals surface area (Å²) < 4.78 is 1.98. The highest BCUT2D eigenvalue weighted by Gasteiger charge is 2.20. The fourth-order valence-electron chi connectivity index (χ4n) is 3.59. The minimum absolute atomic E-state index is 0.464. The van der Waals surface area contributed by atoms with Gasteiger partial charge in [0.1, 0.15) is 12.9 Å². The Bertz CT molecular complexity index is 978. The molecule has 0 bridgehead atoms. The van der Waals surface area contributed by atoms with E-state index in [9.17, 15) is 0 Å². The number of anilines is 1. The van der Waals surface area contributed by atoms with E-state index >= 15 is 0 Å². The summed E-state index contributed by atoms with van der Waals surface area (Å²) in [4.78, 5) is 9.50. The number of guanidine groups is 1. The predicted molar refractivity (Wildman–Crippen MR) is 121 cm³/mol. The largest absolute Gasteiger partial charge is 0.368 e. The van der Waals surface area contributed by atoms with Crippen molar-refractivity contribution >= 4 is 23.2 Å². The van der Waals surface area contributed by atoms with Crippen LogP contribution in [0.4, 0.5) is 5.69 Å². The molecule has 1 aromatic heterocycles. The molecular formula is C22H26ClN7. The van der Waals surface area contributed by atoms with Crippen molar-refractivity contribution in [2.45, 2.75) is 13.5 Å². The number of halogens is 1. The maximum atomic E-state index is 6.15. The third-order valence-electron chi connectivity index (χ3n) is 5.11. The predicted octanol–water partition coefficient (Wildman–Crippen LogP) is 3.21. The number of benzene rings is 2.